The van der Waals surface area contributed by atoms with Crippen molar-refractivity contribution in [2.45, 2.75) is 103 Å². The van der Waals surface area contributed by atoms with Crippen molar-refractivity contribution in [3.05, 3.63) is 12.2 Å². The fourth-order valence-electron chi connectivity index (χ4n) is 4.80. The zero-order valence-corrected chi connectivity index (χ0v) is 22.6. The molecular weight excluding hydrogens is 468 g/mol. The van der Waals surface area contributed by atoms with Gasteiger partial charge < -0.3 is 10.2 Å². The number of carbonyl (C=O) groups excluding carboxylic acids is 1. The molecule has 0 radical (unpaired) electrons. The predicted molar refractivity (Wildman–Crippen MR) is 141 cm³/mol. The lowest BCUT2D eigenvalue weighted by molar-refractivity contribution is -0.837. The number of Topliss-reactive ketones (excluding diaryl/α,β-unsaturated/α-hetero) is 1. The molecule has 204 valence electrons. The summed E-state index contributed by atoms with van der Waals surface area (Å²) in [6.07, 6.45) is 19.0. The van der Waals surface area contributed by atoms with Crippen LogP contribution >= 0.6 is 0 Å². The highest BCUT2D eigenvalue weighted by atomic mass is 32.2. The maximum absolute atomic E-state index is 12.9. The van der Waals surface area contributed by atoms with Gasteiger partial charge >= 0.3 is 0 Å². The number of rotatable bonds is 22. The maximum atomic E-state index is 12.9. The summed E-state index contributed by atoms with van der Waals surface area (Å²) in [4.78, 5) is 17.2. The third kappa shape index (κ3) is 14.3. The van der Waals surface area contributed by atoms with E-state index in [0.717, 1.165) is 19.3 Å². The van der Waals surface area contributed by atoms with Crippen LogP contribution < -0.4 is 0 Å². The molecule has 0 aromatic heterocycles. The van der Waals surface area contributed by atoms with Crippen molar-refractivity contribution in [3.63, 3.8) is 0 Å². The number of ketones is 1. The molecule has 1 aliphatic heterocycles. The Morgan fingerprint density at radius 2 is 1.57 bits per heavy atom. The Balaban J connectivity index is 2.23. The molecule has 1 aliphatic rings. The molecule has 0 bridgehead atoms. The van der Waals surface area contributed by atoms with Gasteiger partial charge in [0.2, 0.25) is 5.78 Å². The SMILES string of the molecule is CCCCC/C=C/CCCCCCCCCCC(=O)C1=NCC[N+]1(CCO)CC(O)CS(=O)(=O)O. The Morgan fingerprint density at radius 3 is 2.14 bits per heavy atom. The minimum Gasteiger partial charge on any atom is -0.390 e. The zero-order chi connectivity index (χ0) is 26.0. The second-order valence-corrected chi connectivity index (χ2v) is 11.4. The Morgan fingerprint density at radius 1 is 1.00 bits per heavy atom. The lowest BCUT2D eigenvalue weighted by Crippen LogP contribution is -2.59. The summed E-state index contributed by atoms with van der Waals surface area (Å²) in [5.74, 6) is -0.582. The summed E-state index contributed by atoms with van der Waals surface area (Å²) in [5.41, 5.74) is 0. The van der Waals surface area contributed by atoms with E-state index >= 15 is 0 Å². The van der Waals surface area contributed by atoms with Crippen molar-refractivity contribution in [2.24, 2.45) is 4.99 Å². The van der Waals surface area contributed by atoms with Crippen LogP contribution in [0.4, 0.5) is 0 Å². The Labute approximate surface area is 212 Å². The molecular formula is C26H49N2O6S+. The molecule has 2 atom stereocenters. The number of aliphatic hydroxyl groups is 2. The molecule has 1 rings (SSSR count). The molecule has 0 aromatic rings. The molecule has 1 heterocycles. The number of quaternary nitrogens is 1. The molecule has 35 heavy (non-hydrogen) atoms. The first-order chi connectivity index (χ1) is 16.7. The molecule has 9 heteroatoms. The molecule has 0 spiro atoms. The van der Waals surface area contributed by atoms with Crippen LogP contribution in [0.2, 0.25) is 0 Å². The Hall–Kier alpha value is -1.13. The second-order valence-electron chi connectivity index (χ2n) is 9.86. The van der Waals surface area contributed by atoms with Gasteiger partial charge in [-0.25, -0.2) is 4.99 Å². The van der Waals surface area contributed by atoms with Crippen LogP contribution in [0.3, 0.4) is 0 Å². The van der Waals surface area contributed by atoms with Crippen molar-refractivity contribution in [2.75, 3.05) is 38.5 Å². The van der Waals surface area contributed by atoms with E-state index in [1.54, 1.807) is 0 Å². The summed E-state index contributed by atoms with van der Waals surface area (Å²) >= 11 is 0. The fourth-order valence-corrected chi connectivity index (χ4v) is 5.39. The number of allylic oxidation sites excluding steroid dienone is 2. The average Bonchev–Trinajstić information content (AvgIpc) is 3.18. The lowest BCUT2D eigenvalue weighted by Gasteiger charge is -2.34. The van der Waals surface area contributed by atoms with Gasteiger partial charge in [0.15, 0.2) is 0 Å². The van der Waals surface area contributed by atoms with Crippen molar-refractivity contribution in [3.8, 4) is 0 Å². The molecule has 0 aromatic carbocycles. The van der Waals surface area contributed by atoms with Gasteiger partial charge in [-0.1, -0.05) is 70.4 Å². The van der Waals surface area contributed by atoms with Gasteiger partial charge in [0.1, 0.15) is 31.5 Å². The maximum Gasteiger partial charge on any atom is 0.267 e. The van der Waals surface area contributed by atoms with Crippen LogP contribution in [0.15, 0.2) is 17.1 Å². The predicted octanol–water partition coefficient (Wildman–Crippen LogP) is 4.06. The second kappa shape index (κ2) is 18.2. The largest absolute Gasteiger partial charge is 0.390 e. The number of aliphatic imine (C=N–C) groups is 1. The first kappa shape index (κ1) is 31.9. The van der Waals surface area contributed by atoms with Crippen LogP contribution in [0, 0.1) is 0 Å². The normalized spacial score (nSPS) is 19.4. The minimum atomic E-state index is -4.33. The van der Waals surface area contributed by atoms with E-state index in [1.807, 2.05) is 0 Å². The Kier molecular flexibility index (Phi) is 16.6. The van der Waals surface area contributed by atoms with Gasteiger partial charge in [-0.3, -0.25) is 13.8 Å². The van der Waals surface area contributed by atoms with Gasteiger partial charge in [-0.05, 0) is 32.1 Å². The summed E-state index contributed by atoms with van der Waals surface area (Å²) in [6, 6.07) is 0. The zero-order valence-electron chi connectivity index (χ0n) is 21.7. The lowest BCUT2D eigenvalue weighted by atomic mass is 10.0. The highest BCUT2D eigenvalue weighted by Crippen LogP contribution is 2.20. The number of nitrogens with zero attached hydrogens (tertiary/aromatic N) is 2. The first-order valence-corrected chi connectivity index (χ1v) is 15.2. The molecule has 0 saturated carbocycles. The van der Waals surface area contributed by atoms with Crippen LogP contribution in [-0.2, 0) is 14.9 Å². The van der Waals surface area contributed by atoms with E-state index < -0.39 is 22.0 Å². The first-order valence-electron chi connectivity index (χ1n) is 13.6. The number of amidine groups is 1. The third-order valence-corrected chi connectivity index (χ3v) is 7.45. The number of unbranched alkanes of at least 4 members (excludes halogenated alkanes) is 11. The topological polar surface area (TPSA) is 124 Å². The number of carbonyl (C=O) groups is 1. The van der Waals surface area contributed by atoms with Crippen LogP contribution in [0.5, 0.6) is 0 Å². The molecule has 2 unspecified atom stereocenters. The van der Waals surface area contributed by atoms with Crippen molar-refractivity contribution in [1.82, 2.24) is 0 Å². The van der Waals surface area contributed by atoms with E-state index in [4.69, 9.17) is 4.55 Å². The molecule has 3 N–H and O–H groups in total. The van der Waals surface area contributed by atoms with E-state index in [9.17, 15) is 23.4 Å². The summed E-state index contributed by atoms with van der Waals surface area (Å²) < 4.78 is 31.2. The van der Waals surface area contributed by atoms with E-state index in [1.165, 1.54) is 64.2 Å². The average molecular weight is 518 g/mol. The number of hydrogen-bond acceptors (Lipinski definition) is 6. The summed E-state index contributed by atoms with van der Waals surface area (Å²) in [6.45, 7) is 2.96. The molecule has 0 fully saturated rings. The monoisotopic (exact) mass is 517 g/mol. The molecule has 0 saturated heterocycles. The molecule has 0 aliphatic carbocycles. The van der Waals surface area contributed by atoms with Crippen molar-refractivity contribution >= 4 is 21.7 Å². The standard InChI is InChI=1S/C26H48N2O6S/c1-2-3-4-5-6-7-8-9-10-11-12-13-14-15-16-17-25(31)26-27-18-19-28(26,20-21-29)22-24(30)23-35(32,33)34/h6-7,24,29-30H,2-5,8-23H2,1H3/p+1/b7-6+. The Bertz CT molecular complexity index is 753. The van der Waals surface area contributed by atoms with Gasteiger partial charge in [0.25, 0.3) is 16.0 Å². The van der Waals surface area contributed by atoms with E-state index in [0.29, 0.717) is 25.3 Å². The van der Waals surface area contributed by atoms with Gasteiger partial charge in [0.05, 0.1) is 13.2 Å². The highest BCUT2D eigenvalue weighted by Gasteiger charge is 2.43. The smallest absolute Gasteiger partial charge is 0.267 e. The fraction of sp³-hybridized carbons (Fsp3) is 0.846. The third-order valence-electron chi connectivity index (χ3n) is 6.65. The summed E-state index contributed by atoms with van der Waals surface area (Å²) in [5, 5.41) is 19.7. The van der Waals surface area contributed by atoms with Gasteiger partial charge in [-0.15, -0.1) is 0 Å². The van der Waals surface area contributed by atoms with E-state index in [2.05, 4.69) is 24.1 Å². The van der Waals surface area contributed by atoms with Crippen LogP contribution in [0.25, 0.3) is 0 Å². The van der Waals surface area contributed by atoms with Crippen molar-refractivity contribution in [1.29, 1.82) is 0 Å². The van der Waals surface area contributed by atoms with Crippen molar-refractivity contribution < 1.29 is 32.5 Å². The van der Waals surface area contributed by atoms with E-state index in [-0.39, 0.29) is 30.0 Å². The quantitative estimate of drug-likeness (QED) is 0.0861. The highest BCUT2D eigenvalue weighted by molar-refractivity contribution is 7.85. The number of aliphatic hydroxyl groups excluding tert-OH is 2. The van der Waals surface area contributed by atoms with Crippen LogP contribution in [0.1, 0.15) is 96.8 Å². The minimum absolute atomic E-state index is 0.0278. The van der Waals surface area contributed by atoms with Gasteiger partial charge in [0, 0.05) is 6.42 Å². The molecule has 8 nitrogen and oxygen atoms in total. The summed E-state index contributed by atoms with van der Waals surface area (Å²) in [7, 11) is -4.33. The molecule has 0 amide bonds. The number of hydrogen-bond donors (Lipinski definition) is 3. The van der Waals surface area contributed by atoms with Gasteiger partial charge in [-0.2, -0.15) is 8.42 Å². The van der Waals surface area contributed by atoms with Crippen LogP contribution in [-0.4, -0.2) is 83.9 Å².